The molecule has 2 N–H and O–H groups in total. The first kappa shape index (κ1) is 13.3. The number of aromatic amines is 1. The number of rotatable bonds is 2. The Labute approximate surface area is 124 Å². The maximum absolute atomic E-state index is 12.7. The third-order valence-electron chi connectivity index (χ3n) is 5.16. The van der Waals surface area contributed by atoms with Crippen LogP contribution in [0.1, 0.15) is 30.7 Å². The van der Waals surface area contributed by atoms with Gasteiger partial charge in [-0.2, -0.15) is 0 Å². The molecule has 4 heterocycles. The number of imidazole rings is 1. The highest BCUT2D eigenvalue weighted by Gasteiger charge is 2.35. The van der Waals surface area contributed by atoms with Crippen LogP contribution in [0.15, 0.2) is 6.33 Å². The molecule has 3 aliphatic rings. The minimum absolute atomic E-state index is 0.0990. The SMILES string of the molecule is O=C(C1Cc2nc[nH]c2CN1)N1CCC(N2CCCC2)C1. The van der Waals surface area contributed by atoms with Crippen molar-refractivity contribution in [2.75, 3.05) is 26.2 Å². The van der Waals surface area contributed by atoms with Crippen LogP contribution in [0.4, 0.5) is 0 Å². The summed E-state index contributed by atoms with van der Waals surface area (Å²) in [5.41, 5.74) is 2.16. The van der Waals surface area contributed by atoms with Gasteiger partial charge in [-0.25, -0.2) is 4.98 Å². The van der Waals surface area contributed by atoms with E-state index < -0.39 is 0 Å². The number of nitrogens with one attached hydrogen (secondary N) is 2. The predicted molar refractivity (Wildman–Crippen MR) is 78.7 cm³/mol. The van der Waals surface area contributed by atoms with Crippen molar-refractivity contribution in [1.29, 1.82) is 0 Å². The maximum Gasteiger partial charge on any atom is 0.240 e. The summed E-state index contributed by atoms with van der Waals surface area (Å²) in [4.78, 5) is 24.8. The highest BCUT2D eigenvalue weighted by atomic mass is 16.2. The molecule has 6 nitrogen and oxygen atoms in total. The zero-order valence-corrected chi connectivity index (χ0v) is 12.3. The number of aromatic nitrogens is 2. The summed E-state index contributed by atoms with van der Waals surface area (Å²) in [5, 5.41) is 3.35. The zero-order chi connectivity index (χ0) is 14.2. The first-order valence-electron chi connectivity index (χ1n) is 8.08. The molecule has 21 heavy (non-hydrogen) atoms. The number of amides is 1. The largest absolute Gasteiger partial charge is 0.347 e. The second-order valence-electron chi connectivity index (χ2n) is 6.44. The Morgan fingerprint density at radius 3 is 3.00 bits per heavy atom. The Morgan fingerprint density at radius 2 is 2.14 bits per heavy atom. The van der Waals surface area contributed by atoms with Crippen LogP contribution in [0, 0.1) is 0 Å². The van der Waals surface area contributed by atoms with E-state index in [0.29, 0.717) is 12.5 Å². The van der Waals surface area contributed by atoms with Gasteiger partial charge >= 0.3 is 0 Å². The van der Waals surface area contributed by atoms with Gasteiger partial charge in [-0.1, -0.05) is 0 Å². The molecule has 1 aromatic heterocycles. The molecule has 1 amide bonds. The smallest absolute Gasteiger partial charge is 0.240 e. The van der Waals surface area contributed by atoms with E-state index in [-0.39, 0.29) is 11.9 Å². The zero-order valence-electron chi connectivity index (χ0n) is 12.3. The van der Waals surface area contributed by atoms with Crippen molar-refractivity contribution in [2.45, 2.75) is 44.3 Å². The standard InChI is InChI=1S/C15H23N5O/c21-15(13-7-12-14(8-16-13)18-10-17-12)20-6-3-11(9-20)19-4-1-2-5-19/h10-11,13,16H,1-9H2,(H,17,18). The maximum atomic E-state index is 12.7. The van der Waals surface area contributed by atoms with Crippen LogP contribution in [0.3, 0.4) is 0 Å². The molecule has 1 aromatic rings. The third kappa shape index (κ3) is 2.46. The third-order valence-corrected chi connectivity index (χ3v) is 5.16. The van der Waals surface area contributed by atoms with Gasteiger partial charge in [0, 0.05) is 32.1 Å². The molecule has 4 rings (SSSR count). The predicted octanol–water partition coefficient (Wildman–Crippen LogP) is 0.121. The number of likely N-dealkylation sites (tertiary alicyclic amines) is 2. The summed E-state index contributed by atoms with van der Waals surface area (Å²) in [6, 6.07) is 0.485. The van der Waals surface area contributed by atoms with Gasteiger partial charge in [0.15, 0.2) is 0 Å². The lowest BCUT2D eigenvalue weighted by molar-refractivity contribution is -0.132. The molecule has 2 atom stereocenters. The number of hydrogen-bond acceptors (Lipinski definition) is 4. The van der Waals surface area contributed by atoms with E-state index in [9.17, 15) is 4.79 Å². The lowest BCUT2D eigenvalue weighted by Crippen LogP contribution is -2.49. The van der Waals surface area contributed by atoms with E-state index in [2.05, 4.69) is 25.1 Å². The summed E-state index contributed by atoms with van der Waals surface area (Å²) in [7, 11) is 0. The van der Waals surface area contributed by atoms with Gasteiger partial charge < -0.3 is 9.88 Å². The number of nitrogens with zero attached hydrogens (tertiary/aromatic N) is 3. The molecule has 114 valence electrons. The van der Waals surface area contributed by atoms with E-state index in [1.807, 2.05) is 0 Å². The fourth-order valence-corrected chi connectivity index (χ4v) is 3.91. The fourth-order valence-electron chi connectivity index (χ4n) is 3.91. The van der Waals surface area contributed by atoms with Gasteiger partial charge in [0.2, 0.25) is 5.91 Å². The number of fused-ring (bicyclic) bond motifs is 1. The molecule has 6 heteroatoms. The molecule has 0 saturated carbocycles. The molecule has 3 aliphatic heterocycles. The van der Waals surface area contributed by atoms with E-state index in [1.54, 1.807) is 6.33 Å². The topological polar surface area (TPSA) is 64.3 Å². The van der Waals surface area contributed by atoms with Crippen molar-refractivity contribution in [3.05, 3.63) is 17.7 Å². The van der Waals surface area contributed by atoms with Crippen LogP contribution in [0.2, 0.25) is 0 Å². The highest BCUT2D eigenvalue weighted by molar-refractivity contribution is 5.82. The Kier molecular flexibility index (Phi) is 3.43. The molecule has 2 unspecified atom stereocenters. The van der Waals surface area contributed by atoms with Gasteiger partial charge in [-0.3, -0.25) is 15.0 Å². The van der Waals surface area contributed by atoms with Crippen molar-refractivity contribution in [1.82, 2.24) is 25.1 Å². The number of hydrogen-bond donors (Lipinski definition) is 2. The highest BCUT2D eigenvalue weighted by Crippen LogP contribution is 2.22. The van der Waals surface area contributed by atoms with Gasteiger partial charge in [-0.05, 0) is 32.4 Å². The molecule has 2 saturated heterocycles. The van der Waals surface area contributed by atoms with Gasteiger partial charge in [-0.15, -0.1) is 0 Å². The second kappa shape index (κ2) is 5.42. The average molecular weight is 289 g/mol. The lowest BCUT2D eigenvalue weighted by Gasteiger charge is -2.28. The van der Waals surface area contributed by atoms with Crippen LogP contribution >= 0.6 is 0 Å². The van der Waals surface area contributed by atoms with Crippen molar-refractivity contribution in [3.63, 3.8) is 0 Å². The second-order valence-corrected chi connectivity index (χ2v) is 6.44. The summed E-state index contributed by atoms with van der Waals surface area (Å²) >= 11 is 0. The fraction of sp³-hybridized carbons (Fsp3) is 0.733. The van der Waals surface area contributed by atoms with Crippen molar-refractivity contribution in [2.24, 2.45) is 0 Å². The number of H-pyrrole nitrogens is 1. The Balaban J connectivity index is 1.38. The Bertz CT molecular complexity index is 522. The molecule has 0 radical (unpaired) electrons. The molecule has 0 aromatic carbocycles. The summed E-state index contributed by atoms with van der Waals surface area (Å²) in [5.74, 6) is 0.255. The summed E-state index contributed by atoms with van der Waals surface area (Å²) in [6.07, 6.45) is 6.19. The number of carbonyl (C=O) groups excluding carboxylic acids is 1. The molecule has 0 spiro atoms. The summed E-state index contributed by atoms with van der Waals surface area (Å²) in [6.45, 7) is 4.96. The number of carbonyl (C=O) groups is 1. The molecule has 2 fully saturated rings. The minimum Gasteiger partial charge on any atom is -0.347 e. The van der Waals surface area contributed by atoms with Crippen LogP contribution in [0.25, 0.3) is 0 Å². The van der Waals surface area contributed by atoms with Gasteiger partial charge in [0.05, 0.1) is 23.8 Å². The normalized spacial score (nSPS) is 29.8. The minimum atomic E-state index is -0.0990. The van der Waals surface area contributed by atoms with E-state index in [1.165, 1.54) is 25.9 Å². The van der Waals surface area contributed by atoms with Crippen molar-refractivity contribution >= 4 is 5.91 Å². The van der Waals surface area contributed by atoms with E-state index in [4.69, 9.17) is 0 Å². The Hall–Kier alpha value is -1.40. The van der Waals surface area contributed by atoms with E-state index >= 15 is 0 Å². The van der Waals surface area contributed by atoms with Crippen LogP contribution in [-0.4, -0.2) is 63.9 Å². The van der Waals surface area contributed by atoms with E-state index in [0.717, 1.165) is 37.4 Å². The lowest BCUT2D eigenvalue weighted by atomic mass is 10.0. The first-order chi connectivity index (χ1) is 10.3. The van der Waals surface area contributed by atoms with Crippen LogP contribution in [-0.2, 0) is 17.8 Å². The van der Waals surface area contributed by atoms with Crippen molar-refractivity contribution < 1.29 is 4.79 Å². The monoisotopic (exact) mass is 289 g/mol. The van der Waals surface area contributed by atoms with Crippen LogP contribution < -0.4 is 5.32 Å². The van der Waals surface area contributed by atoms with Gasteiger partial charge in [0.1, 0.15) is 0 Å². The van der Waals surface area contributed by atoms with Gasteiger partial charge in [0.25, 0.3) is 0 Å². The summed E-state index contributed by atoms with van der Waals surface area (Å²) < 4.78 is 0. The molecule has 0 aliphatic carbocycles. The molecular weight excluding hydrogens is 266 g/mol. The quantitative estimate of drug-likeness (QED) is 0.812. The Morgan fingerprint density at radius 1 is 1.29 bits per heavy atom. The molecular formula is C15H23N5O. The first-order valence-corrected chi connectivity index (χ1v) is 8.08. The molecule has 0 bridgehead atoms. The van der Waals surface area contributed by atoms with Crippen molar-refractivity contribution in [3.8, 4) is 0 Å². The average Bonchev–Trinajstić information content (AvgIpc) is 3.24. The van der Waals surface area contributed by atoms with Crippen LogP contribution in [0.5, 0.6) is 0 Å².